The molecule has 3 aromatic carbocycles. The fraction of sp³-hybridized carbons (Fsp3) is 0.115. The molecule has 0 atom stereocenters. The first-order valence-electron chi connectivity index (χ1n) is 10.7. The summed E-state index contributed by atoms with van der Waals surface area (Å²) in [4.78, 5) is 32.3. The van der Waals surface area contributed by atoms with Gasteiger partial charge in [-0.15, -0.1) is 0 Å². The Balaban J connectivity index is 1.51. The molecule has 0 aliphatic carbocycles. The van der Waals surface area contributed by atoms with Gasteiger partial charge in [-0.2, -0.15) is 0 Å². The molecule has 2 N–H and O–H groups in total. The van der Waals surface area contributed by atoms with E-state index in [0.717, 1.165) is 15.7 Å². The number of hydrazine groups is 1. The highest BCUT2D eigenvalue weighted by atomic mass is 79.9. The smallest absolute Gasteiger partial charge is 0.266 e. The topological polar surface area (TPSA) is 79.3 Å². The first-order chi connectivity index (χ1) is 16.4. The number of para-hydroxylation sites is 1. The van der Waals surface area contributed by atoms with Crippen molar-refractivity contribution < 1.29 is 4.79 Å². The van der Waals surface area contributed by atoms with Gasteiger partial charge in [0.25, 0.3) is 11.5 Å². The number of hydrogen-bond donors (Lipinski definition) is 2. The van der Waals surface area contributed by atoms with Crippen LogP contribution in [-0.2, 0) is 11.3 Å². The van der Waals surface area contributed by atoms with Gasteiger partial charge in [-0.25, -0.2) is 10.4 Å². The number of fused-ring (bicyclic) bond motifs is 1. The summed E-state index contributed by atoms with van der Waals surface area (Å²) in [6.07, 6.45) is 3.19. The third-order valence-electron chi connectivity index (χ3n) is 5.21. The number of rotatable bonds is 7. The Bertz CT molecular complexity index is 1400. The van der Waals surface area contributed by atoms with E-state index in [1.165, 1.54) is 6.08 Å². The van der Waals surface area contributed by atoms with Crippen molar-refractivity contribution >= 4 is 44.5 Å². The Labute approximate surface area is 205 Å². The van der Waals surface area contributed by atoms with E-state index < -0.39 is 0 Å². The summed E-state index contributed by atoms with van der Waals surface area (Å²) in [6.45, 7) is 0.160. The zero-order valence-corrected chi connectivity index (χ0v) is 20.4. The molecule has 1 amide bonds. The Kier molecular flexibility index (Phi) is 7.20. The van der Waals surface area contributed by atoms with Crippen molar-refractivity contribution in [2.75, 3.05) is 19.0 Å². The molecular weight excluding hydrogens is 494 g/mol. The number of aromatic nitrogens is 2. The molecule has 4 aromatic rings. The van der Waals surface area contributed by atoms with Crippen LogP contribution >= 0.6 is 15.9 Å². The van der Waals surface area contributed by atoms with Gasteiger partial charge in [0, 0.05) is 30.3 Å². The average molecular weight is 518 g/mol. The van der Waals surface area contributed by atoms with Crippen molar-refractivity contribution in [2.45, 2.75) is 6.54 Å². The largest absolute Gasteiger partial charge is 0.378 e. The minimum Gasteiger partial charge on any atom is -0.378 e. The third kappa shape index (κ3) is 5.41. The Morgan fingerprint density at radius 1 is 1.06 bits per heavy atom. The van der Waals surface area contributed by atoms with Crippen LogP contribution in [0.15, 0.2) is 88.1 Å². The minimum absolute atomic E-state index is 0.160. The number of amides is 1. The van der Waals surface area contributed by atoms with E-state index in [0.29, 0.717) is 22.4 Å². The number of halogens is 1. The SMILES string of the molecule is CN(C)c1ccc(/C=C/C(=O)NNCc2nc3ccc(Br)cc3c(=O)n2-c2ccccc2)cc1. The zero-order valence-electron chi connectivity index (χ0n) is 18.8. The van der Waals surface area contributed by atoms with E-state index in [1.54, 1.807) is 22.8 Å². The molecule has 4 rings (SSSR count). The summed E-state index contributed by atoms with van der Waals surface area (Å²) in [5.41, 5.74) is 8.64. The monoisotopic (exact) mass is 517 g/mol. The number of nitrogens with one attached hydrogen (secondary N) is 2. The lowest BCUT2D eigenvalue weighted by Gasteiger charge is -2.14. The van der Waals surface area contributed by atoms with Crippen molar-refractivity contribution in [2.24, 2.45) is 0 Å². The second-order valence-corrected chi connectivity index (χ2v) is 8.74. The van der Waals surface area contributed by atoms with Crippen LogP contribution in [0.2, 0.25) is 0 Å². The van der Waals surface area contributed by atoms with Gasteiger partial charge in [0.05, 0.1) is 23.1 Å². The number of carbonyl (C=O) groups is 1. The first kappa shape index (κ1) is 23.4. The van der Waals surface area contributed by atoms with Gasteiger partial charge in [0.15, 0.2) is 0 Å². The number of nitrogens with zero attached hydrogens (tertiary/aromatic N) is 3. The molecule has 34 heavy (non-hydrogen) atoms. The van der Waals surface area contributed by atoms with Crippen LogP contribution in [0.4, 0.5) is 5.69 Å². The van der Waals surface area contributed by atoms with E-state index in [4.69, 9.17) is 0 Å². The molecular formula is C26H24BrN5O2. The fourth-order valence-corrected chi connectivity index (χ4v) is 3.83. The maximum atomic E-state index is 13.3. The summed E-state index contributed by atoms with van der Waals surface area (Å²) in [6, 6.07) is 22.6. The number of carbonyl (C=O) groups excluding carboxylic acids is 1. The quantitative estimate of drug-likeness (QED) is 0.285. The summed E-state index contributed by atoms with van der Waals surface area (Å²) >= 11 is 3.42. The normalized spacial score (nSPS) is 11.1. The third-order valence-corrected chi connectivity index (χ3v) is 5.70. The van der Waals surface area contributed by atoms with Crippen LogP contribution in [0, 0.1) is 0 Å². The van der Waals surface area contributed by atoms with Crippen molar-refractivity contribution in [3.63, 3.8) is 0 Å². The summed E-state index contributed by atoms with van der Waals surface area (Å²) in [5.74, 6) is 0.171. The van der Waals surface area contributed by atoms with Gasteiger partial charge in [-0.1, -0.05) is 46.3 Å². The van der Waals surface area contributed by atoms with Crippen LogP contribution in [0.25, 0.3) is 22.7 Å². The molecule has 1 aromatic heterocycles. The van der Waals surface area contributed by atoms with Crippen molar-refractivity contribution in [3.05, 3.63) is 105 Å². The van der Waals surface area contributed by atoms with Crippen LogP contribution in [-0.4, -0.2) is 29.6 Å². The standard InChI is InChI=1S/C26H24BrN5O2/c1-31(2)20-12-8-18(9-13-20)10-15-25(33)30-28-17-24-29-23-14-11-19(27)16-22(23)26(34)32(24)21-6-4-3-5-7-21/h3-16,28H,17H2,1-2H3,(H,30,33)/b15-10+. The number of benzene rings is 3. The molecule has 0 saturated heterocycles. The van der Waals surface area contributed by atoms with Crippen LogP contribution in [0.3, 0.4) is 0 Å². The lowest BCUT2D eigenvalue weighted by atomic mass is 10.2. The molecule has 0 bridgehead atoms. The zero-order chi connectivity index (χ0) is 24.1. The van der Waals surface area contributed by atoms with Gasteiger partial charge in [-0.05, 0) is 54.1 Å². The highest BCUT2D eigenvalue weighted by Gasteiger charge is 2.13. The summed E-state index contributed by atoms with van der Waals surface area (Å²) < 4.78 is 2.36. The first-order valence-corrected chi connectivity index (χ1v) is 11.5. The van der Waals surface area contributed by atoms with Crippen molar-refractivity contribution in [3.8, 4) is 5.69 Å². The molecule has 8 heteroatoms. The van der Waals surface area contributed by atoms with Crippen molar-refractivity contribution in [1.29, 1.82) is 0 Å². The molecule has 0 fully saturated rings. The molecule has 0 unspecified atom stereocenters. The predicted octanol–water partition coefficient (Wildman–Crippen LogP) is 4.05. The summed E-state index contributed by atoms with van der Waals surface area (Å²) in [7, 11) is 3.95. The minimum atomic E-state index is -0.310. The van der Waals surface area contributed by atoms with Gasteiger partial charge in [-0.3, -0.25) is 19.6 Å². The molecule has 0 aliphatic rings. The second-order valence-electron chi connectivity index (χ2n) is 7.83. The lowest BCUT2D eigenvalue weighted by molar-refractivity contribution is -0.117. The van der Waals surface area contributed by atoms with E-state index in [-0.39, 0.29) is 18.0 Å². The maximum Gasteiger partial charge on any atom is 0.266 e. The Morgan fingerprint density at radius 2 is 1.79 bits per heavy atom. The molecule has 0 aliphatic heterocycles. The average Bonchev–Trinajstić information content (AvgIpc) is 2.84. The van der Waals surface area contributed by atoms with E-state index in [1.807, 2.05) is 79.7 Å². The van der Waals surface area contributed by atoms with Gasteiger partial charge >= 0.3 is 0 Å². The van der Waals surface area contributed by atoms with Gasteiger partial charge in [0.1, 0.15) is 5.82 Å². The van der Waals surface area contributed by atoms with Crippen molar-refractivity contribution in [1.82, 2.24) is 20.4 Å². The molecule has 7 nitrogen and oxygen atoms in total. The highest BCUT2D eigenvalue weighted by Crippen LogP contribution is 2.18. The van der Waals surface area contributed by atoms with Crippen LogP contribution in [0.1, 0.15) is 11.4 Å². The Hall–Kier alpha value is -3.75. The van der Waals surface area contributed by atoms with E-state index >= 15 is 0 Å². The highest BCUT2D eigenvalue weighted by molar-refractivity contribution is 9.10. The lowest BCUT2D eigenvalue weighted by Crippen LogP contribution is -2.38. The van der Waals surface area contributed by atoms with Gasteiger partial charge < -0.3 is 4.90 Å². The predicted molar refractivity (Wildman–Crippen MR) is 140 cm³/mol. The molecule has 0 radical (unpaired) electrons. The molecule has 1 heterocycles. The second kappa shape index (κ2) is 10.5. The van der Waals surface area contributed by atoms with E-state index in [2.05, 4.69) is 31.8 Å². The van der Waals surface area contributed by atoms with E-state index in [9.17, 15) is 9.59 Å². The fourth-order valence-electron chi connectivity index (χ4n) is 3.47. The molecule has 0 saturated carbocycles. The summed E-state index contributed by atoms with van der Waals surface area (Å²) in [5, 5.41) is 0.509. The van der Waals surface area contributed by atoms with Gasteiger partial charge in [0.2, 0.25) is 0 Å². The number of hydrogen-bond acceptors (Lipinski definition) is 5. The molecule has 172 valence electrons. The number of anilines is 1. The maximum absolute atomic E-state index is 13.3. The Morgan fingerprint density at radius 3 is 2.50 bits per heavy atom. The van der Waals surface area contributed by atoms with Crippen LogP contribution < -0.4 is 21.3 Å². The molecule has 0 spiro atoms. The van der Waals surface area contributed by atoms with Crippen LogP contribution in [0.5, 0.6) is 0 Å².